The van der Waals surface area contributed by atoms with Gasteiger partial charge in [0.2, 0.25) is 16.1 Å². The van der Waals surface area contributed by atoms with Crippen LogP contribution in [-0.4, -0.2) is 13.2 Å². The highest BCUT2D eigenvalue weighted by Crippen LogP contribution is 2.23. The Bertz CT molecular complexity index is 585. The van der Waals surface area contributed by atoms with Crippen LogP contribution in [0, 0.1) is 0 Å². The summed E-state index contributed by atoms with van der Waals surface area (Å²) in [5, 5.41) is 1.53. The van der Waals surface area contributed by atoms with E-state index in [0.717, 1.165) is 36.3 Å². The molecule has 0 fully saturated rings. The first-order valence-corrected chi connectivity index (χ1v) is 10.8. The molecule has 2 aromatic carbocycles. The molecule has 26 heavy (non-hydrogen) atoms. The Morgan fingerprint density at radius 3 is 1.27 bits per heavy atom. The van der Waals surface area contributed by atoms with Gasteiger partial charge in [0.1, 0.15) is 0 Å². The van der Waals surface area contributed by atoms with Gasteiger partial charge in [0.25, 0.3) is 0 Å². The largest absolute Gasteiger partial charge is 0.344 e. The van der Waals surface area contributed by atoms with Gasteiger partial charge in [0.05, 0.1) is 13.2 Å². The summed E-state index contributed by atoms with van der Waals surface area (Å²) >= 11 is 0. The summed E-state index contributed by atoms with van der Waals surface area (Å²) in [4.78, 5) is 0. The number of rotatable bonds is 11. The lowest BCUT2D eigenvalue weighted by molar-refractivity contribution is 0.304. The molecule has 8 heteroatoms. The Kier molecular flexibility index (Phi) is 14.1. The van der Waals surface area contributed by atoms with Crippen molar-refractivity contribution in [2.45, 2.75) is 25.7 Å². The second-order valence-electron chi connectivity index (χ2n) is 5.42. The standard InChI is InChI=1S/C18H24O4P2.2H3N/c19-23(17-11-5-3-6-12-17)21-15-9-1-2-10-16-22-24(20)18-13-7-4-8-14-18;;/h3-8,11-14,23-24H,1-2,9-10,15-16H2;2*1H3. The molecule has 146 valence electrons. The van der Waals surface area contributed by atoms with Crippen LogP contribution in [-0.2, 0) is 18.2 Å². The van der Waals surface area contributed by atoms with E-state index in [0.29, 0.717) is 13.2 Å². The van der Waals surface area contributed by atoms with Crippen molar-refractivity contribution in [3.8, 4) is 0 Å². The van der Waals surface area contributed by atoms with Crippen molar-refractivity contribution >= 4 is 26.7 Å². The van der Waals surface area contributed by atoms with Gasteiger partial charge in [-0.3, -0.25) is 9.13 Å². The van der Waals surface area contributed by atoms with Crippen molar-refractivity contribution < 1.29 is 18.2 Å². The normalized spacial score (nSPS) is 12.5. The molecule has 0 aliphatic heterocycles. The number of unbranched alkanes of at least 4 members (excludes halogenated alkanes) is 3. The highest BCUT2D eigenvalue weighted by Gasteiger charge is 2.03. The fourth-order valence-electron chi connectivity index (χ4n) is 2.20. The SMILES string of the molecule is N.N.O=[PH](OCCCCCCO[PH](=O)c1ccccc1)c1ccccc1. The van der Waals surface area contributed by atoms with E-state index in [-0.39, 0.29) is 12.3 Å². The third-order valence-electron chi connectivity index (χ3n) is 3.52. The quantitative estimate of drug-likeness (QED) is 0.423. The Balaban J connectivity index is 0.00000312. The lowest BCUT2D eigenvalue weighted by Gasteiger charge is -2.06. The van der Waals surface area contributed by atoms with Gasteiger partial charge in [-0.2, -0.15) is 0 Å². The van der Waals surface area contributed by atoms with Gasteiger partial charge in [-0.15, -0.1) is 0 Å². The zero-order chi connectivity index (χ0) is 17.0. The molecular formula is C18H30N2O4P2. The van der Waals surface area contributed by atoms with Crippen molar-refractivity contribution in [2.24, 2.45) is 0 Å². The van der Waals surface area contributed by atoms with Crippen LogP contribution in [0.15, 0.2) is 60.7 Å². The smallest absolute Gasteiger partial charge is 0.220 e. The molecule has 0 bridgehead atoms. The van der Waals surface area contributed by atoms with Crippen LogP contribution >= 0.6 is 16.1 Å². The van der Waals surface area contributed by atoms with Crippen molar-refractivity contribution in [3.63, 3.8) is 0 Å². The van der Waals surface area contributed by atoms with Crippen LogP contribution < -0.4 is 22.9 Å². The van der Waals surface area contributed by atoms with Crippen LogP contribution in [0.4, 0.5) is 0 Å². The average molecular weight is 400 g/mol. The monoisotopic (exact) mass is 400 g/mol. The number of benzene rings is 2. The van der Waals surface area contributed by atoms with E-state index in [2.05, 4.69) is 0 Å². The maximum Gasteiger partial charge on any atom is 0.220 e. The van der Waals surface area contributed by atoms with Crippen molar-refractivity contribution in [1.82, 2.24) is 12.3 Å². The minimum absolute atomic E-state index is 0. The van der Waals surface area contributed by atoms with E-state index in [9.17, 15) is 9.13 Å². The third kappa shape index (κ3) is 9.44. The van der Waals surface area contributed by atoms with Crippen LogP contribution in [0.2, 0.25) is 0 Å². The topological polar surface area (TPSA) is 123 Å². The van der Waals surface area contributed by atoms with E-state index in [1.807, 2.05) is 60.7 Å². The third-order valence-corrected chi connectivity index (χ3v) is 6.07. The van der Waals surface area contributed by atoms with Crippen LogP contribution in [0.5, 0.6) is 0 Å². The number of hydrogen-bond donors (Lipinski definition) is 2. The highest BCUT2D eigenvalue weighted by atomic mass is 31.1. The van der Waals surface area contributed by atoms with Gasteiger partial charge in [0, 0.05) is 10.6 Å². The van der Waals surface area contributed by atoms with E-state index in [1.54, 1.807) is 0 Å². The molecule has 0 saturated carbocycles. The summed E-state index contributed by atoms with van der Waals surface area (Å²) < 4.78 is 34.6. The Morgan fingerprint density at radius 2 is 0.923 bits per heavy atom. The fourth-order valence-corrected chi connectivity index (χ4v) is 4.12. The van der Waals surface area contributed by atoms with Gasteiger partial charge in [0.15, 0.2) is 0 Å². The van der Waals surface area contributed by atoms with Gasteiger partial charge < -0.3 is 21.3 Å². The summed E-state index contributed by atoms with van der Waals surface area (Å²) in [5.41, 5.74) is 0. The van der Waals surface area contributed by atoms with Gasteiger partial charge in [-0.1, -0.05) is 49.2 Å². The maximum absolute atomic E-state index is 11.9. The first-order valence-electron chi connectivity index (χ1n) is 8.22. The predicted molar refractivity (Wildman–Crippen MR) is 111 cm³/mol. The lowest BCUT2D eigenvalue weighted by atomic mass is 10.2. The molecule has 0 aliphatic rings. The van der Waals surface area contributed by atoms with Crippen LogP contribution in [0.1, 0.15) is 25.7 Å². The second-order valence-corrected chi connectivity index (χ2v) is 8.30. The minimum atomic E-state index is -2.12. The number of hydrogen-bond acceptors (Lipinski definition) is 6. The molecule has 0 aromatic heterocycles. The Hall–Kier alpha value is -1.26. The highest BCUT2D eigenvalue weighted by molar-refractivity contribution is 7.48. The molecule has 0 spiro atoms. The van der Waals surface area contributed by atoms with Crippen molar-refractivity contribution in [1.29, 1.82) is 0 Å². The van der Waals surface area contributed by atoms with Gasteiger partial charge in [-0.25, -0.2) is 0 Å². The average Bonchev–Trinajstić information content (AvgIpc) is 2.65. The van der Waals surface area contributed by atoms with Gasteiger partial charge in [-0.05, 0) is 37.1 Å². The van der Waals surface area contributed by atoms with Crippen molar-refractivity contribution in [2.75, 3.05) is 13.2 Å². The molecule has 2 atom stereocenters. The molecule has 0 radical (unpaired) electrons. The molecule has 2 unspecified atom stereocenters. The molecule has 2 aromatic rings. The summed E-state index contributed by atoms with van der Waals surface area (Å²) in [6.07, 6.45) is 3.72. The zero-order valence-corrected chi connectivity index (χ0v) is 17.1. The summed E-state index contributed by atoms with van der Waals surface area (Å²) in [7, 11) is -4.24. The van der Waals surface area contributed by atoms with Crippen molar-refractivity contribution in [3.05, 3.63) is 60.7 Å². The molecular weight excluding hydrogens is 370 g/mol. The van der Waals surface area contributed by atoms with Crippen LogP contribution in [0.3, 0.4) is 0 Å². The maximum atomic E-state index is 11.9. The Morgan fingerprint density at radius 1 is 0.577 bits per heavy atom. The molecule has 2 rings (SSSR count). The summed E-state index contributed by atoms with van der Waals surface area (Å²) in [5.74, 6) is 0. The predicted octanol–water partition coefficient (Wildman–Crippen LogP) is 4.50. The summed E-state index contributed by atoms with van der Waals surface area (Å²) in [6.45, 7) is 1.02. The minimum Gasteiger partial charge on any atom is -0.344 e. The molecule has 0 amide bonds. The first kappa shape index (κ1) is 24.7. The molecule has 6 N–H and O–H groups in total. The molecule has 0 aliphatic carbocycles. The van der Waals surface area contributed by atoms with E-state index in [4.69, 9.17) is 9.05 Å². The van der Waals surface area contributed by atoms with E-state index >= 15 is 0 Å². The fraction of sp³-hybridized carbons (Fsp3) is 0.333. The van der Waals surface area contributed by atoms with E-state index < -0.39 is 16.1 Å². The van der Waals surface area contributed by atoms with E-state index in [1.165, 1.54) is 0 Å². The first-order chi connectivity index (χ1) is 11.8. The van der Waals surface area contributed by atoms with Gasteiger partial charge >= 0.3 is 0 Å². The second kappa shape index (κ2) is 14.9. The zero-order valence-electron chi connectivity index (χ0n) is 15.1. The molecule has 0 saturated heterocycles. The Labute approximate surface area is 157 Å². The lowest BCUT2D eigenvalue weighted by Crippen LogP contribution is -1.99. The summed E-state index contributed by atoms with van der Waals surface area (Å²) in [6, 6.07) is 18.6. The molecule has 6 nitrogen and oxygen atoms in total. The van der Waals surface area contributed by atoms with Crippen LogP contribution in [0.25, 0.3) is 0 Å². The molecule has 0 heterocycles.